The number of benzene rings is 2. The molecule has 2 atom stereocenters. The minimum atomic E-state index is -1.06. The number of aliphatic carboxylic acids is 1. The average molecular weight is 881 g/mol. The Morgan fingerprint density at radius 3 is 1.41 bits per heavy atom. The molecule has 6 aliphatic rings. The molecule has 0 radical (unpaired) electrons. The van der Waals surface area contributed by atoms with E-state index in [1.165, 1.54) is 25.0 Å². The Balaban J connectivity index is 0.000000191. The predicted molar refractivity (Wildman–Crippen MR) is 236 cm³/mol. The van der Waals surface area contributed by atoms with E-state index in [1.807, 2.05) is 42.5 Å². The molecule has 2 spiro atoms. The molecule has 2 aromatic rings. The predicted octanol–water partition coefficient (Wildman–Crippen LogP) is 2.66. The van der Waals surface area contributed by atoms with Gasteiger partial charge in [-0.05, 0) is 55.9 Å². The van der Waals surface area contributed by atoms with Crippen molar-refractivity contribution in [1.82, 2.24) is 30.2 Å². The van der Waals surface area contributed by atoms with Gasteiger partial charge in [-0.25, -0.2) is 9.59 Å². The van der Waals surface area contributed by atoms with E-state index in [1.54, 1.807) is 16.7 Å². The molecule has 2 unspecified atom stereocenters. The maximum absolute atomic E-state index is 12.9. The summed E-state index contributed by atoms with van der Waals surface area (Å²) in [5.41, 5.74) is 2.49. The van der Waals surface area contributed by atoms with Crippen molar-refractivity contribution >= 4 is 70.5 Å². The number of imide groups is 2. The highest BCUT2D eigenvalue weighted by Gasteiger charge is 2.54. The van der Waals surface area contributed by atoms with Gasteiger partial charge in [0.2, 0.25) is 11.8 Å². The maximum atomic E-state index is 12.9. The fraction of sp³-hybridized carbons (Fsp3) is 0.511. The number of fused-ring (bicyclic) bond motifs is 2. The first-order valence-corrected chi connectivity index (χ1v) is 21.9. The van der Waals surface area contributed by atoms with Crippen LogP contribution in [0.2, 0.25) is 0 Å². The number of rotatable bonds is 12. The van der Waals surface area contributed by atoms with Crippen LogP contribution in [0.1, 0.15) is 70.4 Å². The smallest absolute Gasteiger partial charge is 0.325 e. The third-order valence-corrected chi connectivity index (χ3v) is 13.0. The highest BCUT2D eigenvalue weighted by molar-refractivity contribution is 6.08. The van der Waals surface area contributed by atoms with Crippen LogP contribution in [0.25, 0.3) is 0 Å². The van der Waals surface area contributed by atoms with Crippen LogP contribution >= 0.6 is 0 Å². The molecule has 6 heterocycles. The summed E-state index contributed by atoms with van der Waals surface area (Å²) in [5.74, 6) is -1.37. The fourth-order valence-corrected chi connectivity index (χ4v) is 8.82. The number of urea groups is 2. The number of Topliss-reactive ketones (excluding diaryl/α,β-unsaturated/α-hetero) is 1. The van der Waals surface area contributed by atoms with Crippen molar-refractivity contribution in [2.45, 2.75) is 83.2 Å². The SMILES string of the molecule is CC(=O)C(C)CN1C(=O)NC2(CCN(C(=O)CCN=C3Cc4ccccc4N3)CC2)C1=O.CC(CN1C(=O)NC2(CCN(C(=O)CCN=C3Cc4ccccc4N3)CC2)C1=O)C(=O)O. The molecule has 0 aromatic heterocycles. The topological polar surface area (TPSA) is 243 Å². The quantitative estimate of drug-likeness (QED) is 0.194. The van der Waals surface area contributed by atoms with Crippen LogP contribution in [0, 0.1) is 11.8 Å². The molecular formula is C45H56N10O9. The second-order valence-corrected chi connectivity index (χ2v) is 17.4. The van der Waals surface area contributed by atoms with Crippen molar-refractivity contribution in [2.24, 2.45) is 21.8 Å². The van der Waals surface area contributed by atoms with Crippen LogP contribution in [0.5, 0.6) is 0 Å². The highest BCUT2D eigenvalue weighted by atomic mass is 16.4. The standard InChI is InChI=1S/C23H29N5O4.C22H27N5O5/c1-15(16(2)29)14-28-21(31)23(26-22(28)32)8-11-27(12-9-23)20(30)7-10-24-19-13-17-5-3-4-6-18(17)25-19;1-14(19(29)30)13-27-20(31)22(25-21(27)32)7-10-26(11-8-22)18(28)6-9-23-17-12-15-4-2-3-5-16(15)24-17/h3-6,15H,7-14H2,1-2H3,(H,24,25)(H,26,32);2-5,14H,6-13H2,1H3,(H,23,24)(H,25,32)(H,29,30). The second kappa shape index (κ2) is 19.0. The first-order valence-electron chi connectivity index (χ1n) is 21.9. The Kier molecular flexibility index (Phi) is 13.5. The minimum Gasteiger partial charge on any atom is -0.481 e. The number of likely N-dealkylation sites (tertiary alicyclic amines) is 2. The summed E-state index contributed by atoms with van der Waals surface area (Å²) in [7, 11) is 0. The second-order valence-electron chi connectivity index (χ2n) is 17.4. The molecule has 2 aromatic carbocycles. The molecule has 5 N–H and O–H groups in total. The summed E-state index contributed by atoms with van der Waals surface area (Å²) in [6, 6.07) is 15.0. The lowest BCUT2D eigenvalue weighted by Gasteiger charge is -2.37. The number of carboxylic acids is 1. The van der Waals surface area contributed by atoms with Gasteiger partial charge >= 0.3 is 18.0 Å². The van der Waals surface area contributed by atoms with Crippen molar-refractivity contribution in [3.63, 3.8) is 0 Å². The molecular weight excluding hydrogens is 825 g/mol. The van der Waals surface area contributed by atoms with Gasteiger partial charge in [-0.3, -0.25) is 48.6 Å². The van der Waals surface area contributed by atoms with Crippen LogP contribution in [-0.2, 0) is 41.6 Å². The van der Waals surface area contributed by atoms with Gasteiger partial charge in [0.25, 0.3) is 11.8 Å². The highest BCUT2D eigenvalue weighted by Crippen LogP contribution is 2.32. The summed E-state index contributed by atoms with van der Waals surface area (Å²) in [4.78, 5) is 113. The Morgan fingerprint density at radius 2 is 1.03 bits per heavy atom. The summed E-state index contributed by atoms with van der Waals surface area (Å²) in [6.07, 6.45) is 3.43. The van der Waals surface area contributed by atoms with Gasteiger partial charge in [-0.15, -0.1) is 0 Å². The van der Waals surface area contributed by atoms with E-state index in [0.29, 0.717) is 71.4 Å². The number of carbonyl (C=O) groups excluding carboxylic acids is 7. The zero-order valence-corrected chi connectivity index (χ0v) is 36.5. The Bertz CT molecular complexity index is 2070. The molecule has 8 amide bonds. The number of nitrogens with zero attached hydrogens (tertiary/aromatic N) is 6. The van der Waals surface area contributed by atoms with E-state index in [2.05, 4.69) is 37.3 Å². The van der Waals surface area contributed by atoms with Gasteiger partial charge in [-0.1, -0.05) is 50.2 Å². The number of amides is 8. The number of para-hydroxylation sites is 2. The molecule has 64 heavy (non-hydrogen) atoms. The maximum Gasteiger partial charge on any atom is 0.325 e. The van der Waals surface area contributed by atoms with Crippen molar-refractivity contribution in [3.05, 3.63) is 59.7 Å². The Hall–Kier alpha value is -6.66. The Morgan fingerprint density at radius 1 is 0.641 bits per heavy atom. The summed E-state index contributed by atoms with van der Waals surface area (Å²) in [6.45, 7) is 6.84. The zero-order valence-electron chi connectivity index (χ0n) is 36.5. The Labute approximate surface area is 371 Å². The summed E-state index contributed by atoms with van der Waals surface area (Å²) >= 11 is 0. The van der Waals surface area contributed by atoms with Gasteiger partial charge < -0.3 is 36.2 Å². The number of nitrogens with one attached hydrogen (secondary N) is 4. The van der Waals surface area contributed by atoms with Gasteiger partial charge in [0.15, 0.2) is 0 Å². The number of amidine groups is 2. The fourth-order valence-electron chi connectivity index (χ4n) is 8.82. The lowest BCUT2D eigenvalue weighted by molar-refractivity contribution is -0.143. The molecule has 4 fully saturated rings. The van der Waals surface area contributed by atoms with Crippen LogP contribution in [0.4, 0.5) is 21.0 Å². The van der Waals surface area contributed by atoms with Gasteiger partial charge in [-0.2, -0.15) is 0 Å². The van der Waals surface area contributed by atoms with E-state index in [-0.39, 0.29) is 43.0 Å². The normalized spacial score (nSPS) is 21.5. The number of carboxylic acid groups (broad SMARTS) is 1. The first-order chi connectivity index (χ1) is 30.6. The van der Waals surface area contributed by atoms with Crippen molar-refractivity contribution in [3.8, 4) is 0 Å². The monoisotopic (exact) mass is 880 g/mol. The van der Waals surface area contributed by atoms with Crippen LogP contribution in [-0.4, -0.2) is 147 Å². The third-order valence-electron chi connectivity index (χ3n) is 13.0. The molecule has 340 valence electrons. The molecule has 19 nitrogen and oxygen atoms in total. The zero-order chi connectivity index (χ0) is 45.8. The summed E-state index contributed by atoms with van der Waals surface area (Å²) < 4.78 is 0. The third kappa shape index (κ3) is 9.77. The number of aliphatic imine (C=N–C) groups is 2. The lowest BCUT2D eigenvalue weighted by Crippen LogP contribution is -2.56. The van der Waals surface area contributed by atoms with E-state index in [9.17, 15) is 38.4 Å². The number of hydrogen-bond donors (Lipinski definition) is 5. The van der Waals surface area contributed by atoms with Crippen molar-refractivity contribution in [1.29, 1.82) is 0 Å². The molecule has 0 aliphatic carbocycles. The van der Waals surface area contributed by atoms with Gasteiger partial charge in [0.1, 0.15) is 28.5 Å². The van der Waals surface area contributed by atoms with E-state index in [4.69, 9.17) is 5.11 Å². The molecule has 19 heteroatoms. The van der Waals surface area contributed by atoms with E-state index in [0.717, 1.165) is 45.7 Å². The number of carbonyl (C=O) groups is 8. The minimum absolute atomic E-state index is 0.00135. The van der Waals surface area contributed by atoms with E-state index < -0.39 is 46.9 Å². The van der Waals surface area contributed by atoms with Gasteiger partial charge in [0, 0.05) is 95.3 Å². The van der Waals surface area contributed by atoms with Gasteiger partial charge in [0.05, 0.1) is 5.92 Å². The lowest BCUT2D eigenvalue weighted by atomic mass is 9.87. The molecule has 8 rings (SSSR count). The van der Waals surface area contributed by atoms with Crippen LogP contribution in [0.15, 0.2) is 58.5 Å². The van der Waals surface area contributed by atoms with E-state index >= 15 is 0 Å². The molecule has 4 saturated heterocycles. The van der Waals surface area contributed by atoms with Crippen molar-refractivity contribution < 1.29 is 43.5 Å². The molecule has 0 saturated carbocycles. The number of piperidine rings is 2. The van der Waals surface area contributed by atoms with Crippen LogP contribution in [0.3, 0.4) is 0 Å². The molecule has 6 aliphatic heterocycles. The van der Waals surface area contributed by atoms with Crippen molar-refractivity contribution in [2.75, 3.05) is 63.0 Å². The average Bonchev–Trinajstić information content (AvgIpc) is 4.00. The van der Waals surface area contributed by atoms with Crippen LogP contribution < -0.4 is 21.3 Å². The first kappa shape index (κ1) is 45.4. The number of hydrogen-bond acceptors (Lipinski definition) is 10. The largest absolute Gasteiger partial charge is 0.481 e. The summed E-state index contributed by atoms with van der Waals surface area (Å²) in [5, 5.41) is 21.2. The molecule has 0 bridgehead atoms. The number of anilines is 2. The number of ketones is 1.